The Labute approximate surface area is 66.2 Å². The first-order valence-corrected chi connectivity index (χ1v) is 3.04. The molecule has 10 heavy (non-hydrogen) atoms. The highest BCUT2D eigenvalue weighted by Gasteiger charge is 2.01. The third-order valence-corrected chi connectivity index (χ3v) is 1.55. The number of fused-ring (bicyclic) bond motifs is 1. The van der Waals surface area contributed by atoms with E-state index < -0.39 is 0 Å². The lowest BCUT2D eigenvalue weighted by atomic mass is 10.1. The van der Waals surface area contributed by atoms with E-state index in [0.717, 1.165) is 6.54 Å². The topological polar surface area (TPSA) is 12.4 Å². The summed E-state index contributed by atoms with van der Waals surface area (Å²) in [5, 5.41) is 0. The van der Waals surface area contributed by atoms with E-state index in [-0.39, 0.29) is 12.4 Å². The van der Waals surface area contributed by atoms with Crippen LogP contribution in [0.25, 0.3) is 0 Å². The molecule has 1 heterocycles. The van der Waals surface area contributed by atoms with Crippen molar-refractivity contribution >= 4 is 18.6 Å². The average molecular weight is 154 g/mol. The number of hydrogen-bond donors (Lipinski definition) is 0. The highest BCUT2D eigenvalue weighted by atomic mass is 35.5. The number of halogens is 1. The van der Waals surface area contributed by atoms with Crippen LogP contribution in [0.4, 0.5) is 0 Å². The lowest BCUT2D eigenvalue weighted by molar-refractivity contribution is 1.11. The molecule has 0 aliphatic carbocycles. The summed E-state index contributed by atoms with van der Waals surface area (Å²) in [6, 6.07) is 8.29. The van der Waals surface area contributed by atoms with Crippen molar-refractivity contribution in [1.82, 2.24) is 0 Å². The second kappa shape index (κ2) is 2.84. The Bertz CT molecular complexity index is 255. The fourth-order valence-electron chi connectivity index (χ4n) is 1.05. The van der Waals surface area contributed by atoms with Crippen molar-refractivity contribution in [2.45, 2.75) is 6.54 Å². The molecule has 0 N–H and O–H groups in total. The van der Waals surface area contributed by atoms with Gasteiger partial charge in [0.25, 0.3) is 0 Å². The summed E-state index contributed by atoms with van der Waals surface area (Å²) in [4.78, 5) is 4.13. The maximum Gasteiger partial charge on any atom is 0.0646 e. The molecule has 0 saturated carbocycles. The van der Waals surface area contributed by atoms with E-state index in [1.807, 2.05) is 18.3 Å². The zero-order chi connectivity index (χ0) is 6.10. The van der Waals surface area contributed by atoms with E-state index >= 15 is 0 Å². The van der Waals surface area contributed by atoms with Gasteiger partial charge in [0, 0.05) is 6.21 Å². The van der Waals surface area contributed by atoms with Gasteiger partial charge in [0.05, 0.1) is 6.54 Å². The molecule has 52 valence electrons. The van der Waals surface area contributed by atoms with Crippen molar-refractivity contribution in [3.8, 4) is 0 Å². The van der Waals surface area contributed by atoms with Gasteiger partial charge in [-0.1, -0.05) is 24.3 Å². The molecule has 2 heteroatoms. The Hall–Kier alpha value is -0.820. The van der Waals surface area contributed by atoms with Crippen molar-refractivity contribution in [3.63, 3.8) is 0 Å². The van der Waals surface area contributed by atoms with Crippen LogP contribution in [0.15, 0.2) is 29.3 Å². The van der Waals surface area contributed by atoms with E-state index in [1.165, 1.54) is 11.1 Å². The molecule has 0 radical (unpaired) electrons. The minimum Gasteiger partial charge on any atom is -0.288 e. The van der Waals surface area contributed by atoms with Gasteiger partial charge in [-0.15, -0.1) is 12.4 Å². The van der Waals surface area contributed by atoms with E-state index in [4.69, 9.17) is 0 Å². The molecule has 0 saturated heterocycles. The second-order valence-corrected chi connectivity index (χ2v) is 2.17. The molecular weight excluding hydrogens is 146 g/mol. The summed E-state index contributed by atoms with van der Waals surface area (Å²) in [7, 11) is 0. The average Bonchev–Trinajstić information content (AvgIpc) is 2.33. The maximum absolute atomic E-state index is 4.13. The maximum atomic E-state index is 4.13. The highest BCUT2D eigenvalue weighted by Crippen LogP contribution is 2.12. The van der Waals surface area contributed by atoms with E-state index in [2.05, 4.69) is 17.1 Å². The van der Waals surface area contributed by atoms with E-state index in [9.17, 15) is 0 Å². The number of nitrogens with zero attached hydrogens (tertiary/aromatic N) is 1. The van der Waals surface area contributed by atoms with E-state index in [1.54, 1.807) is 0 Å². The number of rotatable bonds is 0. The summed E-state index contributed by atoms with van der Waals surface area (Å²) < 4.78 is 0. The van der Waals surface area contributed by atoms with Gasteiger partial charge in [0.1, 0.15) is 0 Å². The Morgan fingerprint density at radius 3 is 2.80 bits per heavy atom. The predicted molar refractivity (Wildman–Crippen MR) is 45.0 cm³/mol. The minimum atomic E-state index is 0. The molecule has 0 bridgehead atoms. The largest absolute Gasteiger partial charge is 0.288 e. The molecule has 0 fully saturated rings. The SMILES string of the molecule is C1=NCc2ccccc21.Cl. The van der Waals surface area contributed by atoms with Crippen molar-refractivity contribution in [1.29, 1.82) is 0 Å². The van der Waals surface area contributed by atoms with E-state index in [0.29, 0.717) is 0 Å². The highest BCUT2D eigenvalue weighted by molar-refractivity contribution is 5.85. The third-order valence-electron chi connectivity index (χ3n) is 1.55. The van der Waals surface area contributed by atoms with Gasteiger partial charge < -0.3 is 0 Å². The second-order valence-electron chi connectivity index (χ2n) is 2.17. The Balaban J connectivity index is 0.000000500. The Morgan fingerprint density at radius 2 is 2.00 bits per heavy atom. The summed E-state index contributed by atoms with van der Waals surface area (Å²) >= 11 is 0. The van der Waals surface area contributed by atoms with Crippen molar-refractivity contribution in [2.75, 3.05) is 0 Å². The molecular formula is C8H8ClN. The molecule has 1 aromatic rings. The fourth-order valence-corrected chi connectivity index (χ4v) is 1.05. The van der Waals surface area contributed by atoms with Crippen LogP contribution in [0.5, 0.6) is 0 Å². The first-order chi connectivity index (χ1) is 4.47. The van der Waals surface area contributed by atoms with Crippen LogP contribution in [0.1, 0.15) is 11.1 Å². The lowest BCUT2D eigenvalue weighted by Gasteiger charge is -1.91. The smallest absolute Gasteiger partial charge is 0.0646 e. The molecule has 0 atom stereocenters. The lowest BCUT2D eigenvalue weighted by Crippen LogP contribution is -1.79. The zero-order valence-electron chi connectivity index (χ0n) is 5.45. The van der Waals surface area contributed by atoms with Crippen LogP contribution in [-0.2, 0) is 6.54 Å². The standard InChI is InChI=1S/C8H7N.ClH/c1-2-4-8-6-9-5-7(8)3-1;/h1-5H,6H2;1H. The monoisotopic (exact) mass is 153 g/mol. The normalized spacial score (nSPS) is 12.4. The van der Waals surface area contributed by atoms with Gasteiger partial charge in [-0.3, -0.25) is 4.99 Å². The Kier molecular flexibility index (Phi) is 2.07. The first-order valence-electron chi connectivity index (χ1n) is 3.04. The van der Waals surface area contributed by atoms with Gasteiger partial charge in [0.2, 0.25) is 0 Å². The minimum absolute atomic E-state index is 0. The van der Waals surface area contributed by atoms with Gasteiger partial charge in [0.15, 0.2) is 0 Å². The fraction of sp³-hybridized carbons (Fsp3) is 0.125. The van der Waals surface area contributed by atoms with Crippen molar-refractivity contribution < 1.29 is 0 Å². The number of aliphatic imine (C=N–C) groups is 1. The van der Waals surface area contributed by atoms with Crippen LogP contribution in [-0.4, -0.2) is 6.21 Å². The Morgan fingerprint density at radius 1 is 1.20 bits per heavy atom. The van der Waals surface area contributed by atoms with Gasteiger partial charge >= 0.3 is 0 Å². The van der Waals surface area contributed by atoms with Crippen LogP contribution in [0, 0.1) is 0 Å². The van der Waals surface area contributed by atoms with Gasteiger partial charge in [-0.05, 0) is 11.1 Å². The molecule has 1 nitrogen and oxygen atoms in total. The van der Waals surface area contributed by atoms with Crippen LogP contribution >= 0.6 is 12.4 Å². The van der Waals surface area contributed by atoms with Crippen LogP contribution < -0.4 is 0 Å². The molecule has 0 unspecified atom stereocenters. The summed E-state index contributed by atoms with van der Waals surface area (Å²) in [5.41, 5.74) is 2.62. The molecule has 1 aliphatic heterocycles. The molecule has 0 spiro atoms. The zero-order valence-corrected chi connectivity index (χ0v) is 6.27. The summed E-state index contributed by atoms with van der Waals surface area (Å²) in [6.45, 7) is 0.871. The molecule has 0 aromatic heterocycles. The molecule has 1 aliphatic rings. The predicted octanol–water partition coefficient (Wildman–Crippen LogP) is 2.04. The quantitative estimate of drug-likeness (QED) is 0.541. The van der Waals surface area contributed by atoms with Crippen molar-refractivity contribution in [2.24, 2.45) is 4.99 Å². The number of hydrogen-bond acceptors (Lipinski definition) is 1. The molecule has 2 rings (SSSR count). The third kappa shape index (κ3) is 1.05. The number of benzene rings is 1. The van der Waals surface area contributed by atoms with Gasteiger partial charge in [-0.25, -0.2) is 0 Å². The first kappa shape index (κ1) is 7.29. The van der Waals surface area contributed by atoms with Crippen LogP contribution in [0.2, 0.25) is 0 Å². The summed E-state index contributed by atoms with van der Waals surface area (Å²) in [5.74, 6) is 0. The van der Waals surface area contributed by atoms with Crippen LogP contribution in [0.3, 0.4) is 0 Å². The molecule has 0 amide bonds. The molecule has 1 aromatic carbocycles. The van der Waals surface area contributed by atoms with Gasteiger partial charge in [-0.2, -0.15) is 0 Å². The summed E-state index contributed by atoms with van der Waals surface area (Å²) in [6.07, 6.45) is 1.93. The van der Waals surface area contributed by atoms with Crippen molar-refractivity contribution in [3.05, 3.63) is 35.4 Å².